The van der Waals surface area contributed by atoms with Crippen LogP contribution < -0.4 is 0 Å². The molecule has 356 valence electrons. The number of aliphatic hydroxyl groups excluding tert-OH is 3. The van der Waals surface area contributed by atoms with E-state index in [-0.39, 0.29) is 19.6 Å². The molecule has 1 fully saturated rings. The van der Waals surface area contributed by atoms with Crippen molar-refractivity contribution in [2.75, 3.05) is 26.4 Å². The van der Waals surface area contributed by atoms with E-state index in [4.69, 9.17) is 23.5 Å². The number of aliphatic hydroxyl groups is 3. The third kappa shape index (κ3) is 33.3. The average molecular weight is 887 g/mol. The second kappa shape index (κ2) is 39.6. The Morgan fingerprint density at radius 1 is 0.639 bits per heavy atom. The maximum atomic E-state index is 12.9. The molecule has 1 heterocycles. The van der Waals surface area contributed by atoms with Gasteiger partial charge in [-0.25, -0.2) is 4.18 Å². The van der Waals surface area contributed by atoms with Gasteiger partial charge >= 0.3 is 16.4 Å². The third-order valence-electron chi connectivity index (χ3n) is 10.7. The topological polar surface area (TPSA) is 178 Å². The van der Waals surface area contributed by atoms with E-state index in [1.54, 1.807) is 0 Å². The Morgan fingerprint density at radius 3 is 1.66 bits per heavy atom. The molecule has 6 unspecified atom stereocenters. The minimum absolute atomic E-state index is 0.0355. The second-order valence-corrected chi connectivity index (χ2v) is 17.4. The van der Waals surface area contributed by atoms with E-state index in [1.807, 2.05) is 0 Å². The first-order chi connectivity index (χ1) is 29.6. The summed E-state index contributed by atoms with van der Waals surface area (Å²) in [4.78, 5) is 12.9. The Balaban J connectivity index is 2.35. The highest BCUT2D eigenvalue weighted by Gasteiger charge is 2.48. The van der Waals surface area contributed by atoms with Gasteiger partial charge in [-0.15, -0.1) is 0 Å². The molecular formula is C48H86O12S. The summed E-state index contributed by atoms with van der Waals surface area (Å²) in [7, 11) is -5.06. The molecule has 0 aromatic rings. The summed E-state index contributed by atoms with van der Waals surface area (Å²) in [6.45, 7) is 3.87. The molecule has 0 aromatic carbocycles. The van der Waals surface area contributed by atoms with Crippen LogP contribution in [0.25, 0.3) is 0 Å². The van der Waals surface area contributed by atoms with Crippen LogP contribution in [0.5, 0.6) is 0 Å². The lowest BCUT2D eigenvalue weighted by Gasteiger charge is -2.41. The summed E-state index contributed by atoms with van der Waals surface area (Å²) in [5, 5.41) is 30.7. The maximum absolute atomic E-state index is 12.9. The van der Waals surface area contributed by atoms with Crippen molar-refractivity contribution in [3.8, 4) is 0 Å². The summed E-state index contributed by atoms with van der Waals surface area (Å²) >= 11 is 0. The molecule has 0 radical (unpaired) electrons. The minimum Gasteiger partial charge on any atom is -0.457 e. The van der Waals surface area contributed by atoms with E-state index in [9.17, 15) is 28.5 Å². The molecule has 4 N–H and O–H groups in total. The molecule has 0 spiro atoms. The monoisotopic (exact) mass is 887 g/mol. The SMILES string of the molecule is CC/C=C\C/C=C\C/C=C\C/C=C\CCCCCCCCCCCCC(=O)OC(COCCCCCCCCCCCCC)COC1OC(CO)C(O)C(OS(=O)(=O)O)C1O. The van der Waals surface area contributed by atoms with Gasteiger partial charge in [0.15, 0.2) is 6.29 Å². The predicted molar refractivity (Wildman–Crippen MR) is 243 cm³/mol. The van der Waals surface area contributed by atoms with Crippen LogP contribution in [0.15, 0.2) is 48.6 Å². The number of carbonyl (C=O) groups excluding carboxylic acids is 1. The molecule has 1 aliphatic rings. The Hall–Kier alpha value is -1.94. The van der Waals surface area contributed by atoms with E-state index in [2.05, 4.69) is 66.6 Å². The van der Waals surface area contributed by atoms with E-state index >= 15 is 0 Å². The fraction of sp³-hybridized carbons (Fsp3) is 0.812. The van der Waals surface area contributed by atoms with Crippen molar-refractivity contribution in [3.05, 3.63) is 48.6 Å². The fourth-order valence-corrected chi connectivity index (χ4v) is 7.64. The lowest BCUT2D eigenvalue weighted by atomic mass is 9.99. The van der Waals surface area contributed by atoms with Crippen LogP contribution >= 0.6 is 0 Å². The normalized spacial score (nSPS) is 20.5. The number of allylic oxidation sites excluding steroid dienone is 8. The summed E-state index contributed by atoms with van der Waals surface area (Å²) in [6.07, 6.45) is 38.6. The molecular weight excluding hydrogens is 801 g/mol. The molecule has 1 rings (SSSR count). The summed E-state index contributed by atoms with van der Waals surface area (Å²) in [5.74, 6) is -0.404. The third-order valence-corrected chi connectivity index (χ3v) is 11.2. The zero-order valence-electron chi connectivity index (χ0n) is 38.0. The van der Waals surface area contributed by atoms with Gasteiger partial charge < -0.3 is 34.3 Å². The number of hydrogen-bond donors (Lipinski definition) is 4. The van der Waals surface area contributed by atoms with Crippen LogP contribution in [0.2, 0.25) is 0 Å². The summed E-state index contributed by atoms with van der Waals surface area (Å²) in [6, 6.07) is 0. The quantitative estimate of drug-likeness (QED) is 0.0198. The van der Waals surface area contributed by atoms with Crippen LogP contribution in [0, 0.1) is 0 Å². The number of unbranched alkanes of at least 4 members (excludes halogenated alkanes) is 20. The fourth-order valence-electron chi connectivity index (χ4n) is 7.13. The van der Waals surface area contributed by atoms with Gasteiger partial charge in [-0.3, -0.25) is 9.35 Å². The highest BCUT2D eigenvalue weighted by atomic mass is 32.3. The summed E-state index contributed by atoms with van der Waals surface area (Å²) in [5.41, 5.74) is 0. The molecule has 0 aromatic heterocycles. The zero-order chi connectivity index (χ0) is 44.7. The highest BCUT2D eigenvalue weighted by molar-refractivity contribution is 7.80. The molecule has 1 saturated heterocycles. The van der Waals surface area contributed by atoms with E-state index < -0.39 is 59.8 Å². The molecule has 0 saturated carbocycles. The molecule has 0 aliphatic carbocycles. The molecule has 12 nitrogen and oxygen atoms in total. The Bertz CT molecular complexity index is 1250. The molecule has 0 amide bonds. The first-order valence-electron chi connectivity index (χ1n) is 23.9. The van der Waals surface area contributed by atoms with Crippen molar-refractivity contribution in [2.45, 2.75) is 224 Å². The Kier molecular flexibility index (Phi) is 37.1. The van der Waals surface area contributed by atoms with Gasteiger partial charge in [0.05, 0.1) is 19.8 Å². The lowest BCUT2D eigenvalue weighted by Crippen LogP contribution is -2.60. The van der Waals surface area contributed by atoms with Gasteiger partial charge in [0.1, 0.15) is 30.5 Å². The smallest absolute Gasteiger partial charge is 0.397 e. The lowest BCUT2D eigenvalue weighted by molar-refractivity contribution is -0.301. The van der Waals surface area contributed by atoms with Crippen molar-refractivity contribution < 1.29 is 56.2 Å². The van der Waals surface area contributed by atoms with E-state index in [1.165, 1.54) is 89.9 Å². The molecule has 13 heteroatoms. The van der Waals surface area contributed by atoms with Gasteiger partial charge in [-0.1, -0.05) is 178 Å². The first-order valence-corrected chi connectivity index (χ1v) is 25.3. The summed E-state index contributed by atoms with van der Waals surface area (Å²) < 4.78 is 59.1. The Morgan fingerprint density at radius 2 is 1.13 bits per heavy atom. The standard InChI is InChI=1S/C48H86O12S/c1-3-5-7-9-11-13-15-16-17-18-19-20-21-22-23-24-25-26-27-29-31-33-35-37-44(50)58-42(40-56-38-36-34-32-30-28-14-12-10-8-6-4-2)41-57-48-46(52)47(60-61(53,54)55)45(51)43(39-49)59-48/h5,7,11,13,16-17,19-20,42-43,45-49,51-52H,3-4,6,8-10,12,14-15,18,21-41H2,1-2H3,(H,53,54,55)/b7-5-,13-11-,17-16-,20-19-. The second-order valence-electron chi connectivity index (χ2n) is 16.3. The van der Waals surface area contributed by atoms with Crippen molar-refractivity contribution in [1.29, 1.82) is 0 Å². The van der Waals surface area contributed by atoms with Crippen LogP contribution in [0.4, 0.5) is 0 Å². The zero-order valence-corrected chi connectivity index (χ0v) is 38.8. The van der Waals surface area contributed by atoms with Crippen molar-refractivity contribution in [2.24, 2.45) is 0 Å². The van der Waals surface area contributed by atoms with Gasteiger partial charge in [0.2, 0.25) is 0 Å². The first kappa shape index (κ1) is 57.1. The van der Waals surface area contributed by atoms with Gasteiger partial charge in [0.25, 0.3) is 0 Å². The van der Waals surface area contributed by atoms with Crippen LogP contribution in [-0.2, 0) is 38.3 Å². The predicted octanol–water partition coefficient (Wildman–Crippen LogP) is 10.4. The van der Waals surface area contributed by atoms with Crippen molar-refractivity contribution >= 4 is 16.4 Å². The maximum Gasteiger partial charge on any atom is 0.397 e. The molecule has 6 atom stereocenters. The van der Waals surface area contributed by atoms with Gasteiger partial charge in [-0.2, -0.15) is 8.42 Å². The number of carbonyl (C=O) groups is 1. The van der Waals surface area contributed by atoms with E-state index in [0.29, 0.717) is 13.0 Å². The molecule has 1 aliphatic heterocycles. The van der Waals surface area contributed by atoms with Crippen LogP contribution in [-0.4, -0.2) is 97.5 Å². The average Bonchev–Trinajstić information content (AvgIpc) is 3.23. The largest absolute Gasteiger partial charge is 0.457 e. The number of hydrogen-bond acceptors (Lipinski definition) is 11. The van der Waals surface area contributed by atoms with E-state index in [0.717, 1.165) is 70.6 Å². The molecule has 61 heavy (non-hydrogen) atoms. The minimum atomic E-state index is -5.06. The van der Waals surface area contributed by atoms with Crippen LogP contribution in [0.3, 0.4) is 0 Å². The molecule has 0 bridgehead atoms. The van der Waals surface area contributed by atoms with Gasteiger partial charge in [0, 0.05) is 13.0 Å². The van der Waals surface area contributed by atoms with Crippen LogP contribution in [0.1, 0.15) is 187 Å². The van der Waals surface area contributed by atoms with Crippen molar-refractivity contribution in [3.63, 3.8) is 0 Å². The van der Waals surface area contributed by atoms with Gasteiger partial charge in [-0.05, 0) is 51.4 Å². The Labute approximate surface area is 370 Å². The number of ether oxygens (including phenoxy) is 4. The number of esters is 1. The number of rotatable bonds is 41. The van der Waals surface area contributed by atoms with Crippen molar-refractivity contribution in [1.82, 2.24) is 0 Å². The highest BCUT2D eigenvalue weighted by Crippen LogP contribution is 2.26.